The topological polar surface area (TPSA) is 35.2 Å². The number of hydrogen-bond acceptors (Lipinski definition) is 2. The molecular formula is C16H25NO. The highest BCUT2D eigenvalue weighted by Crippen LogP contribution is 2.33. The van der Waals surface area contributed by atoms with Crippen LogP contribution in [0.3, 0.4) is 0 Å². The van der Waals surface area contributed by atoms with Gasteiger partial charge in [-0.2, -0.15) is 0 Å². The van der Waals surface area contributed by atoms with Crippen molar-refractivity contribution >= 4 is 0 Å². The second kappa shape index (κ2) is 4.93. The van der Waals surface area contributed by atoms with Gasteiger partial charge < -0.3 is 10.5 Å². The first-order valence-corrected chi connectivity index (χ1v) is 6.87. The average Bonchev–Trinajstić information content (AvgIpc) is 2.97. The zero-order chi connectivity index (χ0) is 13.3. The monoisotopic (exact) mass is 247 g/mol. The predicted octanol–water partition coefficient (Wildman–Crippen LogP) is 3.37. The molecular weight excluding hydrogens is 222 g/mol. The van der Waals surface area contributed by atoms with Crippen LogP contribution in [-0.2, 0) is 6.42 Å². The van der Waals surface area contributed by atoms with Gasteiger partial charge in [0.2, 0.25) is 0 Å². The molecule has 1 aliphatic carbocycles. The number of rotatable bonds is 5. The third-order valence-electron chi connectivity index (χ3n) is 3.30. The molecule has 1 aromatic rings. The van der Waals surface area contributed by atoms with Gasteiger partial charge in [-0.25, -0.2) is 0 Å². The van der Waals surface area contributed by atoms with Crippen LogP contribution in [0.1, 0.15) is 43.4 Å². The fourth-order valence-electron chi connectivity index (χ4n) is 2.36. The molecule has 1 aromatic carbocycles. The Morgan fingerprint density at radius 3 is 2.50 bits per heavy atom. The van der Waals surface area contributed by atoms with E-state index in [0.29, 0.717) is 0 Å². The Bertz CT molecular complexity index is 427. The summed E-state index contributed by atoms with van der Waals surface area (Å²) < 4.78 is 6.04. The number of ether oxygens (including phenoxy) is 1. The molecule has 0 bridgehead atoms. The molecule has 0 aromatic heterocycles. The first-order chi connectivity index (χ1) is 8.35. The Labute approximate surface area is 111 Å². The Kier molecular flexibility index (Phi) is 3.67. The quantitative estimate of drug-likeness (QED) is 0.865. The number of aryl methyl sites for hydroxylation is 2. The van der Waals surface area contributed by atoms with E-state index in [9.17, 15) is 0 Å². The predicted molar refractivity (Wildman–Crippen MR) is 76.1 cm³/mol. The van der Waals surface area contributed by atoms with E-state index < -0.39 is 0 Å². The van der Waals surface area contributed by atoms with Crippen LogP contribution >= 0.6 is 0 Å². The molecule has 1 aliphatic rings. The van der Waals surface area contributed by atoms with Crippen LogP contribution in [0.4, 0.5) is 0 Å². The lowest BCUT2D eigenvalue weighted by Gasteiger charge is -2.22. The second-order valence-corrected chi connectivity index (χ2v) is 6.49. The van der Waals surface area contributed by atoms with E-state index in [2.05, 4.69) is 39.8 Å². The SMILES string of the molecule is Cc1cc(C)c(OCC2CC2)c(CC(C)(C)N)c1. The van der Waals surface area contributed by atoms with Gasteiger partial charge in [-0.15, -0.1) is 0 Å². The number of benzene rings is 1. The van der Waals surface area contributed by atoms with Crippen molar-refractivity contribution in [3.8, 4) is 5.75 Å². The Balaban J connectivity index is 2.22. The first-order valence-electron chi connectivity index (χ1n) is 6.87. The smallest absolute Gasteiger partial charge is 0.125 e. The summed E-state index contributed by atoms with van der Waals surface area (Å²) in [5.74, 6) is 1.84. The minimum atomic E-state index is -0.197. The van der Waals surface area contributed by atoms with Crippen LogP contribution in [-0.4, -0.2) is 12.1 Å². The van der Waals surface area contributed by atoms with Crippen LogP contribution in [0.5, 0.6) is 5.75 Å². The van der Waals surface area contributed by atoms with Gasteiger partial charge in [0.25, 0.3) is 0 Å². The summed E-state index contributed by atoms with van der Waals surface area (Å²) in [6, 6.07) is 4.40. The van der Waals surface area contributed by atoms with E-state index in [0.717, 1.165) is 24.7 Å². The molecule has 2 N–H and O–H groups in total. The minimum absolute atomic E-state index is 0.197. The summed E-state index contributed by atoms with van der Waals surface area (Å²) in [5.41, 5.74) is 9.72. The molecule has 0 unspecified atom stereocenters. The lowest BCUT2D eigenvalue weighted by molar-refractivity contribution is 0.293. The molecule has 18 heavy (non-hydrogen) atoms. The molecule has 2 heteroatoms. The molecule has 2 nitrogen and oxygen atoms in total. The third-order valence-corrected chi connectivity index (χ3v) is 3.30. The van der Waals surface area contributed by atoms with Crippen molar-refractivity contribution in [1.29, 1.82) is 0 Å². The normalized spacial score (nSPS) is 15.8. The van der Waals surface area contributed by atoms with Gasteiger partial charge in [0.1, 0.15) is 5.75 Å². The third kappa shape index (κ3) is 3.74. The van der Waals surface area contributed by atoms with Gasteiger partial charge >= 0.3 is 0 Å². The Hall–Kier alpha value is -1.02. The molecule has 0 radical (unpaired) electrons. The molecule has 0 spiro atoms. The van der Waals surface area contributed by atoms with Gasteiger partial charge in [-0.1, -0.05) is 17.7 Å². The lowest BCUT2D eigenvalue weighted by atomic mass is 9.93. The van der Waals surface area contributed by atoms with Crippen LogP contribution < -0.4 is 10.5 Å². The largest absolute Gasteiger partial charge is 0.493 e. The molecule has 2 rings (SSSR count). The highest BCUT2D eigenvalue weighted by Gasteiger charge is 2.23. The van der Waals surface area contributed by atoms with Gasteiger partial charge in [0, 0.05) is 5.54 Å². The number of hydrogen-bond donors (Lipinski definition) is 1. The van der Waals surface area contributed by atoms with E-state index >= 15 is 0 Å². The summed E-state index contributed by atoms with van der Waals surface area (Å²) in [6.45, 7) is 9.25. The fourth-order valence-corrected chi connectivity index (χ4v) is 2.36. The molecule has 1 saturated carbocycles. The lowest BCUT2D eigenvalue weighted by Crippen LogP contribution is -2.34. The van der Waals surface area contributed by atoms with Gasteiger partial charge in [-0.3, -0.25) is 0 Å². The van der Waals surface area contributed by atoms with E-state index in [1.54, 1.807) is 0 Å². The maximum Gasteiger partial charge on any atom is 0.125 e. The van der Waals surface area contributed by atoms with Crippen molar-refractivity contribution < 1.29 is 4.74 Å². The minimum Gasteiger partial charge on any atom is -0.493 e. The number of nitrogens with two attached hydrogens (primary N) is 1. The fraction of sp³-hybridized carbons (Fsp3) is 0.625. The zero-order valence-electron chi connectivity index (χ0n) is 12.0. The Morgan fingerprint density at radius 2 is 1.94 bits per heavy atom. The van der Waals surface area contributed by atoms with Crippen molar-refractivity contribution in [3.05, 3.63) is 28.8 Å². The second-order valence-electron chi connectivity index (χ2n) is 6.49. The van der Waals surface area contributed by atoms with Crippen molar-refractivity contribution in [3.63, 3.8) is 0 Å². The van der Waals surface area contributed by atoms with Gasteiger partial charge in [-0.05, 0) is 64.0 Å². The average molecular weight is 247 g/mol. The van der Waals surface area contributed by atoms with Crippen LogP contribution in [0.25, 0.3) is 0 Å². The molecule has 0 atom stereocenters. The standard InChI is InChI=1S/C16H25NO/c1-11-7-12(2)15(18-10-13-5-6-13)14(8-11)9-16(3,4)17/h7-8,13H,5-6,9-10,17H2,1-4H3. The van der Waals surface area contributed by atoms with Crippen LogP contribution in [0.2, 0.25) is 0 Å². The maximum atomic E-state index is 6.15. The van der Waals surface area contributed by atoms with Crippen LogP contribution in [0, 0.1) is 19.8 Å². The van der Waals surface area contributed by atoms with E-state index in [1.807, 2.05) is 0 Å². The van der Waals surface area contributed by atoms with E-state index in [1.165, 1.54) is 29.5 Å². The summed E-state index contributed by atoms with van der Waals surface area (Å²) >= 11 is 0. The van der Waals surface area contributed by atoms with Crippen molar-refractivity contribution in [2.75, 3.05) is 6.61 Å². The maximum absolute atomic E-state index is 6.15. The van der Waals surface area contributed by atoms with Crippen molar-refractivity contribution in [2.24, 2.45) is 11.7 Å². The van der Waals surface area contributed by atoms with Gasteiger partial charge in [0.15, 0.2) is 0 Å². The molecule has 0 amide bonds. The molecule has 0 heterocycles. The van der Waals surface area contributed by atoms with E-state index in [-0.39, 0.29) is 5.54 Å². The molecule has 0 saturated heterocycles. The summed E-state index contributed by atoms with van der Waals surface area (Å²) in [5, 5.41) is 0. The molecule has 0 aliphatic heterocycles. The summed E-state index contributed by atoms with van der Waals surface area (Å²) in [4.78, 5) is 0. The Morgan fingerprint density at radius 1 is 1.28 bits per heavy atom. The van der Waals surface area contributed by atoms with E-state index in [4.69, 9.17) is 10.5 Å². The van der Waals surface area contributed by atoms with Crippen molar-refractivity contribution in [1.82, 2.24) is 0 Å². The van der Waals surface area contributed by atoms with Gasteiger partial charge in [0.05, 0.1) is 6.61 Å². The van der Waals surface area contributed by atoms with Crippen LogP contribution in [0.15, 0.2) is 12.1 Å². The highest BCUT2D eigenvalue weighted by molar-refractivity contribution is 5.44. The van der Waals surface area contributed by atoms with Crippen molar-refractivity contribution in [2.45, 2.75) is 52.5 Å². The summed E-state index contributed by atoms with van der Waals surface area (Å²) in [7, 11) is 0. The zero-order valence-corrected chi connectivity index (χ0v) is 12.0. The molecule has 1 fully saturated rings. The highest BCUT2D eigenvalue weighted by atomic mass is 16.5. The first kappa shape index (κ1) is 13.4. The molecule has 100 valence electrons. The summed E-state index contributed by atoms with van der Waals surface area (Å²) in [6.07, 6.45) is 3.50.